The van der Waals surface area contributed by atoms with Gasteiger partial charge in [-0.2, -0.15) is 0 Å². The molecule has 0 aromatic heterocycles. The number of hydrogen-bond donors (Lipinski definition) is 2. The number of methoxy groups -OCH3 is 1. The lowest BCUT2D eigenvalue weighted by Gasteiger charge is -2.13. The summed E-state index contributed by atoms with van der Waals surface area (Å²) in [6, 6.07) is 7.11. The van der Waals surface area contributed by atoms with E-state index in [0.717, 1.165) is 5.56 Å². The Bertz CT molecular complexity index is 560. The zero-order valence-corrected chi connectivity index (χ0v) is 13.2. The lowest BCUT2D eigenvalue weighted by molar-refractivity contribution is -0.120. The minimum absolute atomic E-state index is 0.201. The van der Waals surface area contributed by atoms with E-state index in [1.54, 1.807) is 31.2 Å². The summed E-state index contributed by atoms with van der Waals surface area (Å²) in [6.45, 7) is 2.09. The van der Waals surface area contributed by atoms with E-state index >= 15 is 0 Å². The van der Waals surface area contributed by atoms with Crippen LogP contribution < -0.4 is 10.6 Å². The summed E-state index contributed by atoms with van der Waals surface area (Å²) >= 11 is 11.9. The topological polar surface area (TPSA) is 67.4 Å². The highest BCUT2D eigenvalue weighted by atomic mass is 35.5. The first-order valence-corrected chi connectivity index (χ1v) is 7.14. The van der Waals surface area contributed by atoms with E-state index in [-0.39, 0.29) is 5.91 Å². The molecule has 5 nitrogen and oxygen atoms in total. The number of benzene rings is 1. The van der Waals surface area contributed by atoms with E-state index < -0.39 is 15.8 Å². The molecule has 21 heavy (non-hydrogen) atoms. The third-order valence-electron chi connectivity index (χ3n) is 3.59. The van der Waals surface area contributed by atoms with Crippen LogP contribution in [0, 0.1) is 5.41 Å². The average Bonchev–Trinajstić information content (AvgIpc) is 2.98. The van der Waals surface area contributed by atoms with E-state index in [4.69, 9.17) is 23.2 Å². The van der Waals surface area contributed by atoms with Crippen LogP contribution in [0.3, 0.4) is 0 Å². The quantitative estimate of drug-likeness (QED) is 0.833. The second-order valence-corrected chi connectivity index (χ2v) is 6.69. The van der Waals surface area contributed by atoms with E-state index in [2.05, 4.69) is 15.4 Å². The second kappa shape index (κ2) is 5.73. The van der Waals surface area contributed by atoms with Gasteiger partial charge in [-0.25, -0.2) is 4.79 Å². The number of halogens is 2. The molecule has 0 saturated heterocycles. The predicted molar refractivity (Wildman–Crippen MR) is 81.5 cm³/mol. The van der Waals surface area contributed by atoms with Gasteiger partial charge in [0.2, 0.25) is 5.91 Å². The number of ether oxygens (including phenoxy) is 1. The van der Waals surface area contributed by atoms with Crippen molar-refractivity contribution in [2.75, 3.05) is 12.4 Å². The van der Waals surface area contributed by atoms with Crippen molar-refractivity contribution in [3.8, 4) is 0 Å². The molecular weight excluding hydrogens is 315 g/mol. The molecule has 7 heteroatoms. The number of carbonyl (C=O) groups is 2. The van der Waals surface area contributed by atoms with Crippen molar-refractivity contribution in [2.24, 2.45) is 5.41 Å². The Kier molecular flexibility index (Phi) is 4.35. The maximum Gasteiger partial charge on any atom is 0.407 e. The molecule has 114 valence electrons. The molecule has 1 aliphatic carbocycles. The van der Waals surface area contributed by atoms with E-state index in [0.29, 0.717) is 18.7 Å². The molecule has 1 atom stereocenters. The first-order valence-electron chi connectivity index (χ1n) is 6.38. The third kappa shape index (κ3) is 3.41. The summed E-state index contributed by atoms with van der Waals surface area (Å²) in [4.78, 5) is 23.1. The Morgan fingerprint density at radius 1 is 1.29 bits per heavy atom. The number of anilines is 1. The molecule has 1 aliphatic rings. The van der Waals surface area contributed by atoms with Crippen molar-refractivity contribution in [1.82, 2.24) is 5.32 Å². The predicted octanol–water partition coefficient (Wildman–Crippen LogP) is 3.07. The van der Waals surface area contributed by atoms with Crippen molar-refractivity contribution in [3.05, 3.63) is 29.8 Å². The molecule has 1 fully saturated rings. The summed E-state index contributed by atoms with van der Waals surface area (Å²) in [5.41, 5.74) is 0.792. The molecule has 2 rings (SSSR count). The van der Waals surface area contributed by atoms with Crippen LogP contribution in [0.2, 0.25) is 0 Å². The largest absolute Gasteiger partial charge is 0.453 e. The molecule has 0 spiro atoms. The Morgan fingerprint density at radius 3 is 2.33 bits per heavy atom. The van der Waals surface area contributed by atoms with Gasteiger partial charge in [-0.3, -0.25) is 4.79 Å². The molecular formula is C14H16Cl2N2O3. The van der Waals surface area contributed by atoms with E-state index in [1.807, 2.05) is 0 Å². The van der Waals surface area contributed by atoms with Gasteiger partial charge in [0, 0.05) is 12.2 Å². The summed E-state index contributed by atoms with van der Waals surface area (Å²) in [5.74, 6) is -0.201. The third-order valence-corrected chi connectivity index (χ3v) is 4.69. The fourth-order valence-electron chi connectivity index (χ4n) is 1.87. The highest BCUT2D eigenvalue weighted by Crippen LogP contribution is 2.64. The maximum atomic E-state index is 12.1. The molecule has 2 N–H and O–H groups in total. The summed E-state index contributed by atoms with van der Waals surface area (Å²) in [5, 5.41) is 5.35. The zero-order valence-electron chi connectivity index (χ0n) is 11.7. The van der Waals surface area contributed by atoms with Crippen LogP contribution in [0.5, 0.6) is 0 Å². The first-order chi connectivity index (χ1) is 9.78. The molecule has 1 saturated carbocycles. The second-order valence-electron chi connectivity index (χ2n) is 5.21. The number of hydrogen-bond acceptors (Lipinski definition) is 3. The number of alkyl carbamates (subject to hydrolysis) is 1. The molecule has 0 heterocycles. The van der Waals surface area contributed by atoms with Crippen molar-refractivity contribution in [1.29, 1.82) is 0 Å². The van der Waals surface area contributed by atoms with Gasteiger partial charge in [0.15, 0.2) is 0 Å². The average molecular weight is 331 g/mol. The van der Waals surface area contributed by atoms with Crippen molar-refractivity contribution in [3.63, 3.8) is 0 Å². The summed E-state index contributed by atoms with van der Waals surface area (Å²) < 4.78 is 3.50. The van der Waals surface area contributed by atoms with Crippen molar-refractivity contribution < 1.29 is 14.3 Å². The summed E-state index contributed by atoms with van der Waals surface area (Å²) in [6.07, 6.45) is -0.0506. The van der Waals surface area contributed by atoms with Crippen LogP contribution in [0.15, 0.2) is 24.3 Å². The van der Waals surface area contributed by atoms with Crippen LogP contribution >= 0.6 is 23.2 Å². The number of carbonyl (C=O) groups excluding carboxylic acids is 2. The Balaban J connectivity index is 1.91. The van der Waals surface area contributed by atoms with Gasteiger partial charge in [-0.1, -0.05) is 12.1 Å². The zero-order chi connectivity index (χ0) is 15.7. The fourth-order valence-corrected chi connectivity index (χ4v) is 2.57. The van der Waals surface area contributed by atoms with Gasteiger partial charge in [-0.15, -0.1) is 23.2 Å². The standard InChI is InChI=1S/C14H16Cl2N2O3/c1-13(8-14(13,15)16)11(19)18-10-5-3-9(4-6-10)7-17-12(20)21-2/h3-6H,7-8H2,1-2H3,(H,17,20)(H,18,19)/t13-/m0/s1. The fraction of sp³-hybridized carbons (Fsp3) is 0.429. The lowest BCUT2D eigenvalue weighted by Crippen LogP contribution is -2.26. The van der Waals surface area contributed by atoms with Gasteiger partial charge in [0.1, 0.15) is 4.33 Å². The number of nitrogens with one attached hydrogen (secondary N) is 2. The van der Waals surface area contributed by atoms with Crippen LogP contribution in [-0.4, -0.2) is 23.4 Å². The van der Waals surface area contributed by atoms with Crippen LogP contribution in [0.4, 0.5) is 10.5 Å². The summed E-state index contributed by atoms with van der Waals surface area (Å²) in [7, 11) is 1.31. The highest BCUT2D eigenvalue weighted by molar-refractivity contribution is 6.53. The molecule has 0 unspecified atom stereocenters. The lowest BCUT2D eigenvalue weighted by atomic mass is 10.1. The monoisotopic (exact) mass is 330 g/mol. The number of alkyl halides is 2. The SMILES string of the molecule is COC(=O)NCc1ccc(NC(=O)[C@]2(C)CC2(Cl)Cl)cc1. The minimum Gasteiger partial charge on any atom is -0.453 e. The number of amides is 2. The van der Waals surface area contributed by atoms with Gasteiger partial charge in [0.25, 0.3) is 0 Å². The van der Waals surface area contributed by atoms with Crippen LogP contribution in [0.25, 0.3) is 0 Å². The van der Waals surface area contributed by atoms with Crippen LogP contribution in [0.1, 0.15) is 18.9 Å². The highest BCUT2D eigenvalue weighted by Gasteiger charge is 2.67. The van der Waals surface area contributed by atoms with Crippen molar-refractivity contribution >= 4 is 40.9 Å². The van der Waals surface area contributed by atoms with E-state index in [9.17, 15) is 9.59 Å². The molecule has 2 amide bonds. The van der Waals surface area contributed by atoms with Gasteiger partial charge in [0.05, 0.1) is 12.5 Å². The Morgan fingerprint density at radius 2 is 1.86 bits per heavy atom. The Hall–Kier alpha value is -1.46. The molecule has 1 aromatic carbocycles. The minimum atomic E-state index is -0.985. The molecule has 0 aliphatic heterocycles. The van der Waals surface area contributed by atoms with Crippen molar-refractivity contribution in [2.45, 2.75) is 24.2 Å². The van der Waals surface area contributed by atoms with Gasteiger partial charge in [-0.05, 0) is 31.0 Å². The molecule has 0 bridgehead atoms. The molecule has 1 aromatic rings. The maximum absolute atomic E-state index is 12.1. The van der Waals surface area contributed by atoms with Gasteiger partial charge >= 0.3 is 6.09 Å². The van der Waals surface area contributed by atoms with Crippen LogP contribution in [-0.2, 0) is 16.1 Å². The Labute approximate surface area is 132 Å². The molecule has 0 radical (unpaired) electrons. The first kappa shape index (κ1) is 15.9. The normalized spacial score (nSPS) is 22.3. The smallest absolute Gasteiger partial charge is 0.407 e. The number of rotatable bonds is 4. The van der Waals surface area contributed by atoms with Gasteiger partial charge < -0.3 is 15.4 Å². The van der Waals surface area contributed by atoms with E-state index in [1.165, 1.54) is 7.11 Å².